The van der Waals surface area contributed by atoms with Crippen molar-refractivity contribution >= 4 is 11.6 Å². The monoisotopic (exact) mass is 319 g/mol. The molecule has 1 amide bonds. The average Bonchev–Trinajstić information content (AvgIpc) is 2.71. The van der Waals surface area contributed by atoms with E-state index in [2.05, 4.69) is 10.4 Å². The van der Waals surface area contributed by atoms with Crippen molar-refractivity contribution in [3.05, 3.63) is 47.0 Å². The molecule has 0 fully saturated rings. The number of nitrogens with one attached hydrogen (secondary N) is 1. The van der Waals surface area contributed by atoms with Gasteiger partial charge in [-0.3, -0.25) is 4.79 Å². The molecule has 0 aliphatic rings. The highest BCUT2D eigenvalue weighted by molar-refractivity contribution is 6.05. The number of hydrogen-bond donors (Lipinski definition) is 1. The summed E-state index contributed by atoms with van der Waals surface area (Å²) in [6, 6.07) is 7.35. The summed E-state index contributed by atoms with van der Waals surface area (Å²) in [4.78, 5) is 12.4. The number of para-hydroxylation sites is 1. The summed E-state index contributed by atoms with van der Waals surface area (Å²) in [7, 11) is 1.46. The molecule has 1 aromatic carbocycles. The topological polar surface area (TPSA) is 56.2 Å². The van der Waals surface area contributed by atoms with Crippen molar-refractivity contribution in [2.75, 3.05) is 5.32 Å². The van der Waals surface area contributed by atoms with Gasteiger partial charge < -0.3 is 10.1 Å². The van der Waals surface area contributed by atoms with E-state index in [0.717, 1.165) is 10.2 Å². The van der Waals surface area contributed by atoms with Gasteiger partial charge in [0.1, 0.15) is 5.56 Å². The van der Waals surface area contributed by atoms with Crippen LogP contribution in [0.4, 0.5) is 10.1 Å². The Hall–Kier alpha value is -2.21. The number of aryl methyl sites for hydroxylation is 2. The molecule has 0 bridgehead atoms. The first-order valence-electron chi connectivity index (χ1n) is 7.56. The van der Waals surface area contributed by atoms with Gasteiger partial charge in [-0.2, -0.15) is 9.49 Å². The van der Waals surface area contributed by atoms with Crippen molar-refractivity contribution < 1.29 is 13.9 Å². The average molecular weight is 319 g/mol. The van der Waals surface area contributed by atoms with E-state index in [0.29, 0.717) is 11.4 Å². The number of halogens is 1. The molecule has 124 valence electrons. The molecule has 1 heterocycles. The summed E-state index contributed by atoms with van der Waals surface area (Å²) in [6.07, 6.45) is -0.127. The molecular weight excluding hydrogens is 297 g/mol. The summed E-state index contributed by atoms with van der Waals surface area (Å²) in [6.45, 7) is 7.42. The quantitative estimate of drug-likeness (QED) is 0.916. The zero-order valence-corrected chi connectivity index (χ0v) is 14.1. The van der Waals surface area contributed by atoms with Gasteiger partial charge in [-0.15, -0.1) is 0 Å². The summed E-state index contributed by atoms with van der Waals surface area (Å²) >= 11 is 0. The second-order valence-corrected chi connectivity index (χ2v) is 5.74. The van der Waals surface area contributed by atoms with E-state index in [4.69, 9.17) is 4.74 Å². The molecule has 1 N–H and O–H groups in total. The van der Waals surface area contributed by atoms with Crippen molar-refractivity contribution in [3.8, 4) is 0 Å². The molecule has 23 heavy (non-hydrogen) atoms. The van der Waals surface area contributed by atoms with Gasteiger partial charge >= 0.3 is 0 Å². The fraction of sp³-hybridized carbons (Fsp3) is 0.412. The van der Waals surface area contributed by atoms with Crippen LogP contribution >= 0.6 is 0 Å². The number of rotatable bonds is 5. The second kappa shape index (κ2) is 6.91. The zero-order valence-electron chi connectivity index (χ0n) is 14.1. The Labute approximate surface area is 135 Å². The molecule has 0 aliphatic carbocycles. The van der Waals surface area contributed by atoms with Gasteiger partial charge in [-0.1, -0.05) is 18.2 Å². The summed E-state index contributed by atoms with van der Waals surface area (Å²) in [5.74, 6) is -1.17. The minimum atomic E-state index is -0.649. The van der Waals surface area contributed by atoms with Crippen LogP contribution in [0.5, 0.6) is 0 Å². The molecule has 2 rings (SSSR count). The minimum Gasteiger partial charge on any atom is -0.371 e. The highest BCUT2D eigenvalue weighted by Crippen LogP contribution is 2.27. The minimum absolute atomic E-state index is 0.0419. The second-order valence-electron chi connectivity index (χ2n) is 5.74. The van der Waals surface area contributed by atoms with Gasteiger partial charge in [-0.25, -0.2) is 4.68 Å². The Balaban J connectivity index is 2.28. The summed E-state index contributed by atoms with van der Waals surface area (Å²) < 4.78 is 20.9. The van der Waals surface area contributed by atoms with E-state index in [1.54, 1.807) is 13.0 Å². The number of carbonyl (C=O) groups excluding carboxylic acids is 1. The molecule has 0 radical (unpaired) electrons. The molecule has 0 spiro atoms. The molecular formula is C17H22FN3O2. The van der Waals surface area contributed by atoms with Crippen molar-refractivity contribution in [3.63, 3.8) is 0 Å². The number of nitrogens with zero attached hydrogens (tertiary/aromatic N) is 2. The third kappa shape index (κ3) is 3.76. The maximum absolute atomic E-state index is 14.0. The number of ether oxygens (including phenoxy) is 1. The Bertz CT molecular complexity index is 710. The zero-order chi connectivity index (χ0) is 17.1. The molecule has 1 aromatic heterocycles. The number of amides is 1. The first-order valence-corrected chi connectivity index (χ1v) is 7.56. The third-order valence-corrected chi connectivity index (χ3v) is 3.50. The first kappa shape index (κ1) is 17.1. The SMILES string of the molecule is Cc1nn(C)c(F)c1C(=O)Nc1ccccc1C(C)OC(C)C. The highest BCUT2D eigenvalue weighted by atomic mass is 19.1. The molecule has 1 unspecified atom stereocenters. The predicted molar refractivity (Wildman–Crippen MR) is 86.9 cm³/mol. The fourth-order valence-corrected chi connectivity index (χ4v) is 2.52. The number of anilines is 1. The molecule has 1 atom stereocenters. The largest absolute Gasteiger partial charge is 0.371 e. The predicted octanol–water partition coefficient (Wildman–Crippen LogP) is 3.61. The van der Waals surface area contributed by atoms with Gasteiger partial charge in [0.2, 0.25) is 5.95 Å². The fourth-order valence-electron chi connectivity index (χ4n) is 2.52. The Morgan fingerprint density at radius 1 is 1.30 bits per heavy atom. The summed E-state index contributed by atoms with van der Waals surface area (Å²) in [5.41, 5.74) is 1.76. The van der Waals surface area contributed by atoms with Crippen LogP contribution in [-0.4, -0.2) is 21.8 Å². The summed E-state index contributed by atoms with van der Waals surface area (Å²) in [5, 5.41) is 6.69. The lowest BCUT2D eigenvalue weighted by atomic mass is 10.1. The molecule has 0 saturated heterocycles. The van der Waals surface area contributed by atoms with E-state index in [-0.39, 0.29) is 17.8 Å². The molecule has 6 heteroatoms. The number of carbonyl (C=O) groups is 1. The van der Waals surface area contributed by atoms with E-state index >= 15 is 0 Å². The molecule has 0 saturated carbocycles. The van der Waals surface area contributed by atoms with E-state index in [9.17, 15) is 9.18 Å². The van der Waals surface area contributed by atoms with Crippen LogP contribution < -0.4 is 5.32 Å². The van der Waals surface area contributed by atoms with Crippen LogP contribution in [0.2, 0.25) is 0 Å². The van der Waals surface area contributed by atoms with Gasteiger partial charge in [0.05, 0.1) is 17.9 Å². The standard InChI is InChI=1S/C17H22FN3O2/c1-10(2)23-12(4)13-8-6-7-9-14(13)19-17(22)15-11(3)20-21(5)16(15)18/h6-10,12H,1-5H3,(H,19,22). The highest BCUT2D eigenvalue weighted by Gasteiger charge is 2.22. The number of benzene rings is 1. The lowest BCUT2D eigenvalue weighted by molar-refractivity contribution is 0.0182. The van der Waals surface area contributed by atoms with Crippen molar-refractivity contribution in [1.82, 2.24) is 9.78 Å². The lowest BCUT2D eigenvalue weighted by Crippen LogP contribution is -2.17. The van der Waals surface area contributed by atoms with E-state index in [1.165, 1.54) is 7.05 Å². The third-order valence-electron chi connectivity index (χ3n) is 3.50. The lowest BCUT2D eigenvalue weighted by Gasteiger charge is -2.19. The van der Waals surface area contributed by atoms with Crippen molar-refractivity contribution in [1.29, 1.82) is 0 Å². The Kier molecular flexibility index (Phi) is 5.15. The maximum atomic E-state index is 14.0. The van der Waals surface area contributed by atoms with Crippen molar-refractivity contribution in [2.45, 2.75) is 39.9 Å². The van der Waals surface area contributed by atoms with Crippen LogP contribution in [0, 0.1) is 12.9 Å². The Morgan fingerprint density at radius 3 is 2.52 bits per heavy atom. The first-order chi connectivity index (χ1) is 10.8. The molecule has 5 nitrogen and oxygen atoms in total. The molecule has 2 aromatic rings. The van der Waals surface area contributed by atoms with E-state index < -0.39 is 11.9 Å². The van der Waals surface area contributed by atoms with Crippen molar-refractivity contribution in [2.24, 2.45) is 7.05 Å². The van der Waals surface area contributed by atoms with Crippen LogP contribution in [0.25, 0.3) is 0 Å². The van der Waals surface area contributed by atoms with Crippen LogP contribution in [0.3, 0.4) is 0 Å². The van der Waals surface area contributed by atoms with Gasteiger partial charge in [0, 0.05) is 18.3 Å². The van der Waals surface area contributed by atoms with Crippen LogP contribution in [-0.2, 0) is 11.8 Å². The maximum Gasteiger partial charge on any atom is 0.262 e. The van der Waals surface area contributed by atoms with E-state index in [1.807, 2.05) is 39.0 Å². The van der Waals surface area contributed by atoms with Crippen LogP contribution in [0.1, 0.15) is 48.5 Å². The molecule has 0 aliphatic heterocycles. The Morgan fingerprint density at radius 2 is 1.96 bits per heavy atom. The van der Waals surface area contributed by atoms with Gasteiger partial charge in [-0.05, 0) is 33.8 Å². The van der Waals surface area contributed by atoms with Gasteiger partial charge in [0.15, 0.2) is 0 Å². The number of hydrogen-bond acceptors (Lipinski definition) is 3. The number of aromatic nitrogens is 2. The van der Waals surface area contributed by atoms with Gasteiger partial charge in [0.25, 0.3) is 5.91 Å². The normalized spacial score (nSPS) is 12.5. The van der Waals surface area contributed by atoms with Crippen LogP contribution in [0.15, 0.2) is 24.3 Å². The smallest absolute Gasteiger partial charge is 0.262 e.